The first kappa shape index (κ1) is 13.3. The van der Waals surface area contributed by atoms with E-state index in [1.165, 1.54) is 5.56 Å². The minimum Gasteiger partial charge on any atom is -0.486 e. The van der Waals surface area contributed by atoms with E-state index in [2.05, 4.69) is 9.97 Å². The number of H-pyrrole nitrogens is 1. The van der Waals surface area contributed by atoms with Crippen molar-refractivity contribution in [2.24, 2.45) is 5.73 Å². The molecule has 0 radical (unpaired) electrons. The lowest BCUT2D eigenvalue weighted by atomic mass is 10.2. The van der Waals surface area contributed by atoms with E-state index in [0.717, 1.165) is 5.75 Å². The summed E-state index contributed by atoms with van der Waals surface area (Å²) in [4.78, 5) is 18.7. The first-order valence-electron chi connectivity index (χ1n) is 6.08. The quantitative estimate of drug-likeness (QED) is 0.870. The van der Waals surface area contributed by atoms with E-state index in [1.807, 2.05) is 31.2 Å². The Labute approximate surface area is 111 Å². The van der Waals surface area contributed by atoms with Crippen molar-refractivity contribution in [1.82, 2.24) is 9.97 Å². The van der Waals surface area contributed by atoms with Crippen molar-refractivity contribution in [3.63, 3.8) is 0 Å². The molecule has 0 bridgehead atoms. The maximum Gasteiger partial charge on any atom is 0.255 e. The zero-order valence-electron chi connectivity index (χ0n) is 11.1. The van der Waals surface area contributed by atoms with E-state index in [9.17, 15) is 4.79 Å². The highest BCUT2D eigenvalue weighted by Gasteiger charge is 2.06. The first-order valence-corrected chi connectivity index (χ1v) is 6.08. The van der Waals surface area contributed by atoms with Crippen LogP contribution in [0.4, 0.5) is 0 Å². The Morgan fingerprint density at radius 1 is 1.26 bits per heavy atom. The van der Waals surface area contributed by atoms with Gasteiger partial charge < -0.3 is 15.5 Å². The average Bonchev–Trinajstić information content (AvgIpc) is 2.38. The van der Waals surface area contributed by atoms with Gasteiger partial charge in [-0.25, -0.2) is 4.98 Å². The molecule has 0 amide bonds. The Morgan fingerprint density at radius 2 is 1.95 bits per heavy atom. The van der Waals surface area contributed by atoms with Gasteiger partial charge in [0.1, 0.15) is 18.2 Å². The van der Waals surface area contributed by atoms with Crippen molar-refractivity contribution >= 4 is 0 Å². The maximum absolute atomic E-state index is 11.7. The van der Waals surface area contributed by atoms with Gasteiger partial charge in [0, 0.05) is 12.2 Å². The van der Waals surface area contributed by atoms with E-state index in [1.54, 1.807) is 6.92 Å². The van der Waals surface area contributed by atoms with Crippen LogP contribution in [0.5, 0.6) is 5.75 Å². The highest BCUT2D eigenvalue weighted by Crippen LogP contribution is 2.12. The molecule has 0 aliphatic carbocycles. The molecule has 0 aliphatic heterocycles. The summed E-state index contributed by atoms with van der Waals surface area (Å²) in [5.41, 5.74) is 7.62. The van der Waals surface area contributed by atoms with Crippen LogP contribution < -0.4 is 16.0 Å². The molecule has 1 heterocycles. The van der Waals surface area contributed by atoms with Crippen molar-refractivity contribution in [3.05, 3.63) is 57.3 Å². The average molecular weight is 259 g/mol. The third kappa shape index (κ3) is 3.20. The molecule has 0 unspecified atom stereocenters. The molecule has 0 atom stereocenters. The zero-order valence-corrected chi connectivity index (χ0v) is 11.1. The molecule has 2 rings (SSSR count). The zero-order chi connectivity index (χ0) is 13.8. The molecule has 1 aromatic heterocycles. The fourth-order valence-corrected chi connectivity index (χ4v) is 1.76. The largest absolute Gasteiger partial charge is 0.486 e. The Balaban J connectivity index is 2.12. The Bertz CT molecular complexity index is 618. The van der Waals surface area contributed by atoms with Gasteiger partial charge in [-0.15, -0.1) is 0 Å². The van der Waals surface area contributed by atoms with Crippen LogP contribution in [-0.4, -0.2) is 9.97 Å². The number of nitrogens with zero attached hydrogens (tertiary/aromatic N) is 1. The number of benzene rings is 1. The summed E-state index contributed by atoms with van der Waals surface area (Å²) in [5, 5.41) is 0. The third-order valence-electron chi connectivity index (χ3n) is 2.87. The number of rotatable bonds is 4. The van der Waals surface area contributed by atoms with Gasteiger partial charge in [0.05, 0.1) is 5.56 Å². The number of hydrogen-bond donors (Lipinski definition) is 2. The van der Waals surface area contributed by atoms with E-state index < -0.39 is 0 Å². The van der Waals surface area contributed by atoms with Crippen LogP contribution in [0.15, 0.2) is 29.1 Å². The second kappa shape index (κ2) is 5.67. The van der Waals surface area contributed by atoms with Gasteiger partial charge in [-0.1, -0.05) is 17.7 Å². The summed E-state index contributed by atoms with van der Waals surface area (Å²) >= 11 is 0. The molecule has 100 valence electrons. The Morgan fingerprint density at radius 3 is 2.53 bits per heavy atom. The summed E-state index contributed by atoms with van der Waals surface area (Å²) in [6, 6.07) is 7.70. The predicted octanol–water partition coefficient (Wildman–Crippen LogP) is 1.42. The van der Waals surface area contributed by atoms with Crippen LogP contribution in [0, 0.1) is 13.8 Å². The highest BCUT2D eigenvalue weighted by atomic mass is 16.5. The molecule has 0 spiro atoms. The van der Waals surface area contributed by atoms with Crippen molar-refractivity contribution in [2.75, 3.05) is 0 Å². The fraction of sp³-hybridized carbons (Fsp3) is 0.286. The molecule has 5 nitrogen and oxygen atoms in total. The number of hydrogen-bond acceptors (Lipinski definition) is 4. The van der Waals surface area contributed by atoms with Crippen molar-refractivity contribution < 1.29 is 4.74 Å². The molecule has 2 aromatic rings. The smallest absolute Gasteiger partial charge is 0.255 e. The maximum atomic E-state index is 11.7. The van der Waals surface area contributed by atoms with Crippen LogP contribution in [-0.2, 0) is 13.2 Å². The van der Waals surface area contributed by atoms with E-state index in [0.29, 0.717) is 17.1 Å². The van der Waals surface area contributed by atoms with E-state index in [4.69, 9.17) is 10.5 Å². The molecule has 3 N–H and O–H groups in total. The Hall–Kier alpha value is -2.14. The monoisotopic (exact) mass is 259 g/mol. The van der Waals surface area contributed by atoms with Gasteiger partial charge >= 0.3 is 0 Å². The molecule has 0 aliphatic rings. The molecular weight excluding hydrogens is 242 g/mol. The number of aromatic amines is 1. The first-order chi connectivity index (χ1) is 9.10. The fourth-order valence-electron chi connectivity index (χ4n) is 1.76. The summed E-state index contributed by atoms with van der Waals surface area (Å²) in [5.74, 6) is 1.24. The van der Waals surface area contributed by atoms with Gasteiger partial charge in [-0.05, 0) is 26.0 Å². The predicted molar refractivity (Wildman–Crippen MR) is 73.0 cm³/mol. The molecule has 0 saturated heterocycles. The number of nitrogens with one attached hydrogen (secondary N) is 1. The van der Waals surface area contributed by atoms with Crippen LogP contribution in [0.3, 0.4) is 0 Å². The number of ether oxygens (including phenoxy) is 1. The number of nitrogens with two attached hydrogens (primary N) is 1. The second-order valence-electron chi connectivity index (χ2n) is 4.38. The summed E-state index contributed by atoms with van der Waals surface area (Å²) in [7, 11) is 0. The minimum absolute atomic E-state index is 0.188. The van der Waals surface area contributed by atoms with Crippen LogP contribution in [0.1, 0.15) is 22.6 Å². The minimum atomic E-state index is -0.197. The lowest BCUT2D eigenvalue weighted by molar-refractivity contribution is 0.295. The standard InChI is InChI=1S/C14H17N3O2/c1-9-3-5-11(6-4-9)19-8-13-16-10(2)12(7-15)14(18)17-13/h3-6H,7-8,15H2,1-2H3,(H,16,17,18). The molecule has 5 heteroatoms. The Kier molecular flexibility index (Phi) is 3.97. The van der Waals surface area contributed by atoms with Crippen molar-refractivity contribution in [2.45, 2.75) is 27.0 Å². The van der Waals surface area contributed by atoms with Crippen LogP contribution in [0.25, 0.3) is 0 Å². The molecular formula is C14H17N3O2. The molecule has 1 aromatic carbocycles. The molecule has 0 saturated carbocycles. The van der Waals surface area contributed by atoms with Crippen molar-refractivity contribution in [1.29, 1.82) is 0 Å². The number of aryl methyl sites for hydroxylation is 2. The lowest BCUT2D eigenvalue weighted by Crippen LogP contribution is -2.22. The summed E-state index contributed by atoms with van der Waals surface area (Å²) < 4.78 is 5.57. The lowest BCUT2D eigenvalue weighted by Gasteiger charge is -2.08. The van der Waals surface area contributed by atoms with Crippen LogP contribution in [0.2, 0.25) is 0 Å². The normalized spacial score (nSPS) is 10.5. The van der Waals surface area contributed by atoms with Gasteiger partial charge in [-0.3, -0.25) is 4.79 Å². The van der Waals surface area contributed by atoms with Gasteiger partial charge in [0.15, 0.2) is 0 Å². The van der Waals surface area contributed by atoms with Gasteiger partial charge in [-0.2, -0.15) is 0 Å². The SMILES string of the molecule is Cc1ccc(OCc2nc(C)c(CN)c(=O)[nH]2)cc1. The van der Waals surface area contributed by atoms with Crippen molar-refractivity contribution in [3.8, 4) is 5.75 Å². The van der Waals surface area contributed by atoms with E-state index in [-0.39, 0.29) is 18.7 Å². The van der Waals surface area contributed by atoms with E-state index >= 15 is 0 Å². The summed E-state index contributed by atoms with van der Waals surface area (Å²) in [6.07, 6.45) is 0. The summed E-state index contributed by atoms with van der Waals surface area (Å²) in [6.45, 7) is 4.20. The molecule has 0 fully saturated rings. The van der Waals surface area contributed by atoms with Gasteiger partial charge in [0.25, 0.3) is 5.56 Å². The second-order valence-corrected chi connectivity index (χ2v) is 4.38. The highest BCUT2D eigenvalue weighted by molar-refractivity contribution is 5.26. The topological polar surface area (TPSA) is 81.0 Å². The van der Waals surface area contributed by atoms with Crippen LogP contribution >= 0.6 is 0 Å². The third-order valence-corrected chi connectivity index (χ3v) is 2.87. The van der Waals surface area contributed by atoms with Gasteiger partial charge in [0.2, 0.25) is 0 Å². The molecule has 19 heavy (non-hydrogen) atoms. The number of aromatic nitrogens is 2.